The third-order valence-electron chi connectivity index (χ3n) is 9.46. The first kappa shape index (κ1) is 32.0. The summed E-state index contributed by atoms with van der Waals surface area (Å²) in [6.07, 6.45) is 8.55. The Kier molecular flexibility index (Phi) is 8.85. The number of nitrogens with zero attached hydrogens (tertiary/aromatic N) is 1. The quantitative estimate of drug-likeness (QED) is 0.267. The molecular formula is C37H38ClF3N2O3. The molecule has 0 amide bonds. The normalized spacial score (nSPS) is 20.2. The molecule has 2 aromatic carbocycles. The molecule has 3 aromatic rings. The molecule has 5 nitrogen and oxygen atoms in total. The number of aromatic nitrogens is 1. The monoisotopic (exact) mass is 650 g/mol. The van der Waals surface area contributed by atoms with Crippen LogP contribution in [0.5, 0.6) is 5.75 Å². The number of ether oxygens (including phenoxy) is 1. The molecule has 1 aromatic heterocycles. The van der Waals surface area contributed by atoms with Crippen LogP contribution in [0.3, 0.4) is 0 Å². The number of allylic oxidation sites excluding steroid dienone is 4. The molecule has 6 rings (SSSR count). The first-order valence-electron chi connectivity index (χ1n) is 15.8. The number of hydrogen-bond acceptors (Lipinski definition) is 3. The number of aliphatic carboxylic acids is 1. The molecule has 242 valence electrons. The van der Waals surface area contributed by atoms with Crippen LogP contribution in [0.1, 0.15) is 69.9 Å². The van der Waals surface area contributed by atoms with E-state index in [0.29, 0.717) is 16.8 Å². The van der Waals surface area contributed by atoms with Crippen molar-refractivity contribution < 1.29 is 27.8 Å². The molecular weight excluding hydrogens is 613 g/mol. The summed E-state index contributed by atoms with van der Waals surface area (Å²) in [6, 6.07) is 12.1. The highest BCUT2D eigenvalue weighted by Gasteiger charge is 2.36. The van der Waals surface area contributed by atoms with Crippen molar-refractivity contribution in [2.24, 2.45) is 11.3 Å². The zero-order valence-electron chi connectivity index (χ0n) is 26.0. The van der Waals surface area contributed by atoms with Gasteiger partial charge in [0.2, 0.25) is 0 Å². The number of piperidine rings is 1. The number of carbonyl (C=O) groups is 1. The lowest BCUT2D eigenvalue weighted by atomic mass is 9.70. The van der Waals surface area contributed by atoms with E-state index in [4.69, 9.17) is 16.3 Å². The molecule has 1 saturated heterocycles. The number of aromatic amines is 1. The average Bonchev–Trinajstić information content (AvgIpc) is 3.46. The predicted octanol–water partition coefficient (Wildman–Crippen LogP) is 10.2. The molecule has 9 heteroatoms. The Bertz CT molecular complexity index is 1750. The van der Waals surface area contributed by atoms with Crippen molar-refractivity contribution in [1.82, 2.24) is 9.88 Å². The van der Waals surface area contributed by atoms with Crippen molar-refractivity contribution in [2.75, 3.05) is 13.1 Å². The lowest BCUT2D eigenvalue weighted by Crippen LogP contribution is -2.30. The molecule has 1 aliphatic heterocycles. The minimum atomic E-state index is -4.68. The summed E-state index contributed by atoms with van der Waals surface area (Å²) in [7, 11) is 0. The van der Waals surface area contributed by atoms with E-state index in [2.05, 4.69) is 35.9 Å². The minimum absolute atomic E-state index is 0.0154. The van der Waals surface area contributed by atoms with Gasteiger partial charge in [-0.1, -0.05) is 49.2 Å². The highest BCUT2D eigenvalue weighted by atomic mass is 35.5. The molecule has 2 aliphatic carbocycles. The third kappa shape index (κ3) is 7.22. The topological polar surface area (TPSA) is 65.6 Å². The van der Waals surface area contributed by atoms with E-state index < -0.39 is 23.5 Å². The number of nitrogens with one attached hydrogen (secondary N) is 1. The SMILES string of the molecule is CC1(C)CCC(CC2CCN(C=C3C=CC(C(=O)O)=C(Oc4cc5cc[nH]c5cc4C(F)(F)F)C3)CC2)=C(c2ccc(Cl)cc2)C1. The minimum Gasteiger partial charge on any atom is -0.478 e. The summed E-state index contributed by atoms with van der Waals surface area (Å²) in [6.45, 7) is 6.38. The van der Waals surface area contributed by atoms with Gasteiger partial charge >= 0.3 is 12.1 Å². The Labute approximate surface area is 272 Å². The number of hydrogen-bond donors (Lipinski definition) is 2. The molecule has 1 fully saturated rings. The smallest absolute Gasteiger partial charge is 0.420 e. The van der Waals surface area contributed by atoms with E-state index in [-0.39, 0.29) is 23.2 Å². The van der Waals surface area contributed by atoms with Gasteiger partial charge in [0.05, 0.1) is 5.57 Å². The summed E-state index contributed by atoms with van der Waals surface area (Å²) < 4.78 is 47.6. The van der Waals surface area contributed by atoms with E-state index >= 15 is 0 Å². The van der Waals surface area contributed by atoms with Crippen LogP contribution in [0.2, 0.25) is 5.02 Å². The lowest BCUT2D eigenvalue weighted by molar-refractivity contribution is -0.138. The molecule has 0 saturated carbocycles. The molecule has 2 heterocycles. The van der Waals surface area contributed by atoms with Crippen molar-refractivity contribution in [2.45, 2.75) is 65.0 Å². The predicted molar refractivity (Wildman–Crippen MR) is 175 cm³/mol. The van der Waals surface area contributed by atoms with Crippen LogP contribution in [0.4, 0.5) is 13.2 Å². The molecule has 0 atom stereocenters. The van der Waals surface area contributed by atoms with Gasteiger partial charge in [-0.3, -0.25) is 0 Å². The van der Waals surface area contributed by atoms with Gasteiger partial charge in [-0.05, 0) is 103 Å². The van der Waals surface area contributed by atoms with Crippen LogP contribution >= 0.6 is 11.6 Å². The van der Waals surface area contributed by atoms with Crippen LogP contribution in [-0.4, -0.2) is 34.0 Å². The second kappa shape index (κ2) is 12.7. The van der Waals surface area contributed by atoms with Gasteiger partial charge in [-0.15, -0.1) is 0 Å². The number of H-pyrrole nitrogens is 1. The average molecular weight is 651 g/mol. The Morgan fingerprint density at radius 2 is 1.87 bits per heavy atom. The number of halogens is 4. The number of likely N-dealkylation sites (tertiary alicyclic amines) is 1. The molecule has 3 aliphatic rings. The van der Waals surface area contributed by atoms with Gasteiger partial charge in [0.25, 0.3) is 0 Å². The van der Waals surface area contributed by atoms with Crippen molar-refractivity contribution >= 4 is 34.0 Å². The van der Waals surface area contributed by atoms with Crippen molar-refractivity contribution in [3.8, 4) is 5.75 Å². The fourth-order valence-corrected chi connectivity index (χ4v) is 7.02. The zero-order chi connectivity index (χ0) is 32.6. The number of benzene rings is 2. The summed E-state index contributed by atoms with van der Waals surface area (Å²) in [5, 5.41) is 11.1. The van der Waals surface area contributed by atoms with E-state index in [1.807, 2.05) is 18.3 Å². The first-order valence-corrected chi connectivity index (χ1v) is 16.1. The third-order valence-corrected chi connectivity index (χ3v) is 9.71. The molecule has 46 heavy (non-hydrogen) atoms. The standard InChI is InChI=1S/C37H38ClF3N2O3/c1-36(2)13-9-26(30(21-36)25-4-6-28(38)7-5-25)17-23-11-15-43(16-12-23)22-24-3-8-29(35(44)45)33(18-24)46-34-19-27-10-14-42-32(27)20-31(34)37(39,40)41/h3-8,10,14,19-20,22-23,42H,9,11-13,15-18,21H2,1-2H3,(H,44,45). The van der Waals surface area contributed by atoms with E-state index in [1.54, 1.807) is 23.9 Å². The van der Waals surface area contributed by atoms with E-state index in [1.165, 1.54) is 29.7 Å². The van der Waals surface area contributed by atoms with Gasteiger partial charge in [0, 0.05) is 47.8 Å². The van der Waals surface area contributed by atoms with E-state index in [9.17, 15) is 23.1 Å². The van der Waals surface area contributed by atoms with Gasteiger partial charge in [-0.25, -0.2) is 4.79 Å². The molecule has 2 N–H and O–H groups in total. The maximum Gasteiger partial charge on any atom is 0.420 e. The molecule has 0 bridgehead atoms. The van der Waals surface area contributed by atoms with Gasteiger partial charge < -0.3 is 19.7 Å². The summed E-state index contributed by atoms with van der Waals surface area (Å²) in [5.41, 5.74) is 4.54. The Hall–Kier alpha value is -3.91. The van der Waals surface area contributed by atoms with E-state index in [0.717, 1.165) is 61.9 Å². The Morgan fingerprint density at radius 3 is 2.57 bits per heavy atom. The maximum absolute atomic E-state index is 13.9. The first-order chi connectivity index (χ1) is 21.8. The van der Waals surface area contributed by atoms with Crippen molar-refractivity contribution in [3.05, 3.63) is 106 Å². The van der Waals surface area contributed by atoms with Crippen molar-refractivity contribution in [1.29, 1.82) is 0 Å². The van der Waals surface area contributed by atoms with Crippen LogP contribution in [0.25, 0.3) is 16.5 Å². The van der Waals surface area contributed by atoms with Crippen LogP contribution < -0.4 is 4.74 Å². The Morgan fingerprint density at radius 1 is 1.13 bits per heavy atom. The largest absolute Gasteiger partial charge is 0.478 e. The van der Waals surface area contributed by atoms with Crippen molar-refractivity contribution in [3.63, 3.8) is 0 Å². The number of carboxylic acid groups (broad SMARTS) is 1. The molecule has 0 radical (unpaired) electrons. The molecule has 0 unspecified atom stereocenters. The number of carboxylic acids is 1. The number of alkyl halides is 3. The summed E-state index contributed by atoms with van der Waals surface area (Å²) in [4.78, 5) is 17.0. The number of rotatable bonds is 7. The van der Waals surface area contributed by atoms with Gasteiger partial charge in [0.15, 0.2) is 0 Å². The van der Waals surface area contributed by atoms with Crippen LogP contribution in [0, 0.1) is 11.3 Å². The second-order valence-corrected chi connectivity index (χ2v) is 13.9. The fourth-order valence-electron chi connectivity index (χ4n) is 6.90. The fraction of sp³-hybridized carbons (Fsp3) is 0.378. The second-order valence-electron chi connectivity index (χ2n) is 13.5. The highest BCUT2D eigenvalue weighted by Crippen LogP contribution is 2.46. The van der Waals surface area contributed by atoms with Gasteiger partial charge in [-0.2, -0.15) is 13.2 Å². The number of fused-ring (bicyclic) bond motifs is 1. The zero-order valence-corrected chi connectivity index (χ0v) is 26.8. The Balaban J connectivity index is 1.15. The summed E-state index contributed by atoms with van der Waals surface area (Å²) in [5.74, 6) is -1.11. The van der Waals surface area contributed by atoms with Gasteiger partial charge in [0.1, 0.15) is 17.1 Å². The lowest BCUT2D eigenvalue weighted by Gasteiger charge is -2.37. The summed E-state index contributed by atoms with van der Waals surface area (Å²) >= 11 is 6.18. The maximum atomic E-state index is 13.9. The van der Waals surface area contributed by atoms with Crippen LogP contribution in [-0.2, 0) is 11.0 Å². The molecule has 0 spiro atoms. The highest BCUT2D eigenvalue weighted by molar-refractivity contribution is 6.30. The van der Waals surface area contributed by atoms with Crippen LogP contribution in [0.15, 0.2) is 89.5 Å².